The molecule has 4 aromatic carbocycles. The Bertz CT molecular complexity index is 1410. The Morgan fingerprint density at radius 2 is 1.24 bits per heavy atom. The molecule has 0 saturated carbocycles. The highest BCUT2D eigenvalue weighted by Gasteiger charge is 2.40. The number of hydrogen-bond acceptors (Lipinski definition) is 4. The highest BCUT2D eigenvalue weighted by molar-refractivity contribution is 5.86. The molecule has 38 heavy (non-hydrogen) atoms. The number of anilines is 1. The predicted octanol–water partition coefficient (Wildman–Crippen LogP) is 5.86. The third kappa shape index (κ3) is 4.10. The molecule has 1 radical (unpaired) electrons. The largest absolute Gasteiger partial charge is 0.371 e. The standard InChI is InChI=1S/C33H29N4O/c1-25(38)31(26-18-20-30(21-19-26)36-22-11-23-36)32-34-24-37(35-32)33(27-12-5-2-6-13-27,28-14-7-3-8-15-28)29-16-9-4-10-17-29/h2-21,24,31H,22-23H2,1H3. The van der Waals surface area contributed by atoms with E-state index in [2.05, 4.69) is 59.9 Å². The molecule has 187 valence electrons. The van der Waals surface area contributed by atoms with Gasteiger partial charge in [0.1, 0.15) is 23.6 Å². The van der Waals surface area contributed by atoms with Gasteiger partial charge in [-0.05, 0) is 41.3 Å². The molecule has 0 spiro atoms. The molecule has 1 aromatic heterocycles. The van der Waals surface area contributed by atoms with Crippen molar-refractivity contribution in [1.29, 1.82) is 0 Å². The van der Waals surface area contributed by atoms with Crippen LogP contribution in [0.4, 0.5) is 5.69 Å². The maximum Gasteiger partial charge on any atom is 0.165 e. The molecule has 6 rings (SSSR count). The second-order valence-electron chi connectivity index (χ2n) is 9.68. The average molecular weight is 498 g/mol. The molecule has 2 heterocycles. The van der Waals surface area contributed by atoms with Gasteiger partial charge in [0, 0.05) is 25.2 Å². The number of Topliss-reactive ketones (excluding diaryl/α,β-unsaturated/α-hetero) is 1. The fraction of sp³-hybridized carbons (Fsp3) is 0.152. The number of carbonyl (C=O) groups is 1. The van der Waals surface area contributed by atoms with Gasteiger partial charge in [0.2, 0.25) is 0 Å². The van der Waals surface area contributed by atoms with Gasteiger partial charge >= 0.3 is 0 Å². The highest BCUT2D eigenvalue weighted by atomic mass is 16.1. The van der Waals surface area contributed by atoms with Crippen molar-refractivity contribution in [3.05, 3.63) is 156 Å². The van der Waals surface area contributed by atoms with E-state index in [0.717, 1.165) is 41.0 Å². The third-order valence-electron chi connectivity index (χ3n) is 7.38. The van der Waals surface area contributed by atoms with Crippen LogP contribution in [0.25, 0.3) is 0 Å². The van der Waals surface area contributed by atoms with Gasteiger partial charge in [0.15, 0.2) is 5.82 Å². The summed E-state index contributed by atoms with van der Waals surface area (Å²) in [5.41, 5.74) is 4.46. The second-order valence-corrected chi connectivity index (χ2v) is 9.68. The third-order valence-corrected chi connectivity index (χ3v) is 7.38. The van der Waals surface area contributed by atoms with Crippen LogP contribution in [0.3, 0.4) is 0 Å². The van der Waals surface area contributed by atoms with Gasteiger partial charge < -0.3 is 4.90 Å². The molecule has 0 aliphatic carbocycles. The van der Waals surface area contributed by atoms with Gasteiger partial charge in [0.25, 0.3) is 0 Å². The quantitative estimate of drug-likeness (QED) is 0.252. The maximum absolute atomic E-state index is 13.0. The van der Waals surface area contributed by atoms with E-state index >= 15 is 0 Å². The lowest BCUT2D eigenvalue weighted by Crippen LogP contribution is -2.38. The van der Waals surface area contributed by atoms with Crippen LogP contribution in [0.5, 0.6) is 0 Å². The summed E-state index contributed by atoms with van der Waals surface area (Å²) in [5, 5.41) is 5.06. The highest BCUT2D eigenvalue weighted by Crippen LogP contribution is 2.40. The molecular weight excluding hydrogens is 468 g/mol. The molecule has 1 unspecified atom stereocenters. The predicted molar refractivity (Wildman–Crippen MR) is 150 cm³/mol. The first-order valence-corrected chi connectivity index (χ1v) is 12.9. The monoisotopic (exact) mass is 497 g/mol. The summed E-state index contributed by atoms with van der Waals surface area (Å²) in [7, 11) is 0. The summed E-state index contributed by atoms with van der Waals surface area (Å²) in [5.74, 6) is -0.0412. The molecule has 0 N–H and O–H groups in total. The van der Waals surface area contributed by atoms with Crippen molar-refractivity contribution in [1.82, 2.24) is 14.8 Å². The number of hydrogen-bond donors (Lipinski definition) is 0. The van der Waals surface area contributed by atoms with Crippen molar-refractivity contribution >= 4 is 11.5 Å². The Hall–Kier alpha value is -4.51. The lowest BCUT2D eigenvalue weighted by Gasteiger charge is -2.36. The second kappa shape index (κ2) is 10.1. The first-order chi connectivity index (χ1) is 18.7. The summed E-state index contributed by atoms with van der Waals surface area (Å²) >= 11 is 0. The van der Waals surface area contributed by atoms with Crippen molar-refractivity contribution < 1.29 is 4.79 Å². The van der Waals surface area contributed by atoms with E-state index in [9.17, 15) is 4.79 Å². The number of aromatic nitrogens is 3. The molecular formula is C33H29N4O. The normalized spacial score (nSPS) is 14.1. The Morgan fingerprint density at radius 1 is 0.737 bits per heavy atom. The van der Waals surface area contributed by atoms with Gasteiger partial charge in [-0.3, -0.25) is 4.79 Å². The van der Waals surface area contributed by atoms with Crippen LogP contribution in [0.15, 0.2) is 122 Å². The topological polar surface area (TPSA) is 51.0 Å². The zero-order valence-corrected chi connectivity index (χ0v) is 21.3. The summed E-state index contributed by atoms with van der Waals surface area (Å²) in [4.78, 5) is 20.0. The van der Waals surface area contributed by atoms with Crippen molar-refractivity contribution in [2.24, 2.45) is 0 Å². The van der Waals surface area contributed by atoms with Crippen LogP contribution >= 0.6 is 0 Å². The van der Waals surface area contributed by atoms with Gasteiger partial charge in [-0.1, -0.05) is 103 Å². The van der Waals surface area contributed by atoms with Gasteiger partial charge in [-0.2, -0.15) is 5.10 Å². The van der Waals surface area contributed by atoms with E-state index in [-0.39, 0.29) is 5.78 Å². The Morgan fingerprint density at radius 3 is 1.66 bits per heavy atom. The minimum absolute atomic E-state index is 0.0116. The smallest absolute Gasteiger partial charge is 0.165 e. The van der Waals surface area contributed by atoms with Gasteiger partial charge in [0.05, 0.1) is 0 Å². The lowest BCUT2D eigenvalue weighted by atomic mass is 9.77. The lowest BCUT2D eigenvalue weighted by molar-refractivity contribution is -0.117. The molecule has 1 aliphatic heterocycles. The molecule has 5 aromatic rings. The van der Waals surface area contributed by atoms with Crippen LogP contribution in [0, 0.1) is 6.42 Å². The van der Waals surface area contributed by atoms with Crippen molar-refractivity contribution in [2.75, 3.05) is 18.0 Å². The number of benzene rings is 4. The Kier molecular flexibility index (Phi) is 6.34. The maximum atomic E-state index is 13.0. The van der Waals surface area contributed by atoms with Gasteiger partial charge in [-0.15, -0.1) is 0 Å². The Balaban J connectivity index is 1.51. The molecule has 1 atom stereocenters. The molecule has 1 fully saturated rings. The van der Waals surface area contributed by atoms with Crippen LogP contribution in [-0.2, 0) is 10.3 Å². The number of carbonyl (C=O) groups excluding carboxylic acids is 1. The zero-order valence-electron chi connectivity index (χ0n) is 21.3. The summed E-state index contributed by atoms with van der Waals surface area (Å²) in [6.45, 7) is 3.53. The Labute approximate surface area is 223 Å². The summed E-state index contributed by atoms with van der Waals surface area (Å²) in [6, 6.07) is 39.3. The minimum Gasteiger partial charge on any atom is -0.371 e. The SMILES string of the molecule is CC(=O)C(c1ccc(N2C[CH]C2)cc1)c1ncn(C(c2ccccc2)(c2ccccc2)c2ccccc2)n1. The van der Waals surface area contributed by atoms with E-state index in [0.29, 0.717) is 5.82 Å². The van der Waals surface area contributed by atoms with Crippen LogP contribution in [-0.4, -0.2) is 33.6 Å². The number of nitrogens with zero attached hydrogens (tertiary/aromatic N) is 4. The first-order valence-electron chi connectivity index (χ1n) is 12.9. The van der Waals surface area contributed by atoms with E-state index < -0.39 is 11.5 Å². The molecule has 5 nitrogen and oxygen atoms in total. The zero-order chi connectivity index (χ0) is 26.0. The van der Waals surface area contributed by atoms with Crippen LogP contribution < -0.4 is 4.90 Å². The van der Waals surface area contributed by atoms with E-state index in [1.54, 1.807) is 13.3 Å². The molecule has 1 saturated heterocycles. The van der Waals surface area contributed by atoms with E-state index in [1.165, 1.54) is 0 Å². The molecule has 5 heteroatoms. The van der Waals surface area contributed by atoms with E-state index in [1.807, 2.05) is 71.4 Å². The fourth-order valence-electron chi connectivity index (χ4n) is 5.42. The van der Waals surface area contributed by atoms with E-state index in [4.69, 9.17) is 10.1 Å². The van der Waals surface area contributed by atoms with Crippen LogP contribution in [0.1, 0.15) is 40.9 Å². The minimum atomic E-state index is -0.770. The number of ketones is 1. The average Bonchev–Trinajstić information content (AvgIpc) is 3.40. The molecule has 0 amide bonds. The van der Waals surface area contributed by atoms with Crippen LogP contribution in [0.2, 0.25) is 0 Å². The molecule has 1 aliphatic rings. The fourth-order valence-corrected chi connectivity index (χ4v) is 5.42. The van der Waals surface area contributed by atoms with Crippen molar-refractivity contribution in [2.45, 2.75) is 18.4 Å². The van der Waals surface area contributed by atoms with Crippen molar-refractivity contribution in [3.8, 4) is 0 Å². The summed E-state index contributed by atoms with van der Waals surface area (Å²) in [6.07, 6.45) is 4.00. The van der Waals surface area contributed by atoms with Gasteiger partial charge in [-0.25, -0.2) is 9.67 Å². The summed E-state index contributed by atoms with van der Waals surface area (Å²) < 4.78 is 1.92. The first kappa shape index (κ1) is 23.9. The number of rotatable bonds is 8. The van der Waals surface area contributed by atoms with Crippen molar-refractivity contribution in [3.63, 3.8) is 0 Å². The molecule has 0 bridgehead atoms.